The van der Waals surface area contributed by atoms with Gasteiger partial charge in [0.2, 0.25) is 0 Å². The molecule has 3 unspecified atom stereocenters. The Hall–Kier alpha value is -1.88. The van der Waals surface area contributed by atoms with Gasteiger partial charge in [-0.2, -0.15) is 0 Å². The highest BCUT2D eigenvalue weighted by Gasteiger charge is 2.54. The Morgan fingerprint density at radius 2 is 1.68 bits per heavy atom. The first kappa shape index (κ1) is 18.2. The van der Waals surface area contributed by atoms with Crippen LogP contribution in [0.5, 0.6) is 0 Å². The second kappa shape index (κ2) is 6.58. The lowest BCUT2D eigenvalue weighted by Crippen LogP contribution is -2.56. The van der Waals surface area contributed by atoms with Crippen molar-refractivity contribution in [1.29, 1.82) is 0 Å². The lowest BCUT2D eigenvalue weighted by Gasteiger charge is -2.47. The molecule has 4 nitrogen and oxygen atoms in total. The molecular formula is C24H30N2O2. The monoisotopic (exact) mass is 378 g/mol. The van der Waals surface area contributed by atoms with Gasteiger partial charge in [-0.05, 0) is 54.5 Å². The topological polar surface area (TPSA) is 69.7 Å². The molecule has 1 saturated heterocycles. The van der Waals surface area contributed by atoms with E-state index in [-0.39, 0.29) is 11.8 Å². The minimum absolute atomic E-state index is 0.201. The highest BCUT2D eigenvalue weighted by molar-refractivity contribution is 5.44. The second-order valence-corrected chi connectivity index (χ2v) is 9.29. The zero-order valence-electron chi connectivity index (χ0n) is 16.3. The van der Waals surface area contributed by atoms with Crippen LogP contribution in [-0.2, 0) is 18.4 Å². The van der Waals surface area contributed by atoms with E-state index in [9.17, 15) is 10.2 Å². The van der Waals surface area contributed by atoms with Crippen LogP contribution in [0, 0.1) is 11.8 Å². The lowest BCUT2D eigenvalue weighted by molar-refractivity contribution is -0.106. The number of fused-ring (bicyclic) bond motifs is 3. The first-order valence-corrected chi connectivity index (χ1v) is 10.6. The van der Waals surface area contributed by atoms with Gasteiger partial charge in [-0.25, -0.2) is 0 Å². The van der Waals surface area contributed by atoms with Crippen molar-refractivity contribution >= 4 is 5.69 Å². The number of likely N-dealkylation sites (tertiary alicyclic amines) is 1. The SMILES string of the molecule is Nc1cccc(C2(O)C3CCC2CN(CC2(O)CCc4ccccc4C2)C3)c1. The Kier molecular flexibility index (Phi) is 4.27. The number of nitrogens with zero attached hydrogens (tertiary/aromatic N) is 1. The van der Waals surface area contributed by atoms with Crippen LogP contribution >= 0.6 is 0 Å². The summed E-state index contributed by atoms with van der Waals surface area (Å²) in [6, 6.07) is 16.3. The van der Waals surface area contributed by atoms with E-state index in [0.717, 1.165) is 50.8 Å². The number of β-amino-alcohol motifs (C(OH)–C–C–N with tert-alkyl or cyclic N) is 1. The van der Waals surface area contributed by atoms with Crippen molar-refractivity contribution in [3.05, 3.63) is 65.2 Å². The zero-order chi connectivity index (χ0) is 19.4. The molecule has 1 aliphatic heterocycles. The van der Waals surface area contributed by atoms with Gasteiger partial charge in [-0.3, -0.25) is 4.90 Å². The summed E-state index contributed by atoms with van der Waals surface area (Å²) < 4.78 is 0. The lowest BCUT2D eigenvalue weighted by atomic mass is 9.74. The number of benzene rings is 2. The molecule has 2 aromatic carbocycles. The summed E-state index contributed by atoms with van der Waals surface area (Å²) in [7, 11) is 0. The fourth-order valence-corrected chi connectivity index (χ4v) is 6.06. The molecule has 2 fully saturated rings. The molecule has 3 aliphatic rings. The van der Waals surface area contributed by atoms with Crippen LogP contribution in [0.2, 0.25) is 0 Å². The van der Waals surface area contributed by atoms with E-state index in [1.807, 2.05) is 24.3 Å². The van der Waals surface area contributed by atoms with E-state index >= 15 is 0 Å². The van der Waals surface area contributed by atoms with E-state index in [0.29, 0.717) is 12.2 Å². The van der Waals surface area contributed by atoms with E-state index in [1.54, 1.807) is 0 Å². The van der Waals surface area contributed by atoms with Crippen molar-refractivity contribution in [2.45, 2.75) is 43.3 Å². The molecule has 4 heteroatoms. The van der Waals surface area contributed by atoms with Crippen LogP contribution in [0.1, 0.15) is 36.0 Å². The van der Waals surface area contributed by atoms with Gasteiger partial charge < -0.3 is 15.9 Å². The Morgan fingerprint density at radius 1 is 0.964 bits per heavy atom. The Bertz CT molecular complexity index is 868. The highest BCUT2D eigenvalue weighted by Crippen LogP contribution is 2.51. The predicted molar refractivity (Wildman–Crippen MR) is 111 cm³/mol. The van der Waals surface area contributed by atoms with E-state index in [2.05, 4.69) is 29.2 Å². The average Bonchev–Trinajstić information content (AvgIpc) is 2.85. The maximum atomic E-state index is 11.6. The molecule has 2 bridgehead atoms. The molecule has 0 spiro atoms. The summed E-state index contributed by atoms with van der Waals surface area (Å²) >= 11 is 0. The molecule has 1 heterocycles. The maximum Gasteiger partial charge on any atom is 0.0977 e. The molecule has 0 radical (unpaired) electrons. The van der Waals surface area contributed by atoms with E-state index in [4.69, 9.17) is 5.73 Å². The molecule has 148 valence electrons. The zero-order valence-corrected chi connectivity index (χ0v) is 16.3. The Balaban J connectivity index is 1.33. The minimum Gasteiger partial charge on any atom is -0.399 e. The summed E-state index contributed by atoms with van der Waals surface area (Å²) in [6.07, 6.45) is 4.56. The third-order valence-electron chi connectivity index (χ3n) is 7.43. The van der Waals surface area contributed by atoms with Crippen molar-refractivity contribution in [1.82, 2.24) is 4.90 Å². The largest absolute Gasteiger partial charge is 0.399 e. The molecule has 28 heavy (non-hydrogen) atoms. The molecule has 0 amide bonds. The number of hydrogen-bond donors (Lipinski definition) is 3. The van der Waals surface area contributed by atoms with Crippen LogP contribution in [0.25, 0.3) is 0 Å². The fourth-order valence-electron chi connectivity index (χ4n) is 6.06. The van der Waals surface area contributed by atoms with Gasteiger partial charge in [0.15, 0.2) is 0 Å². The van der Waals surface area contributed by atoms with E-state index in [1.165, 1.54) is 11.1 Å². The first-order chi connectivity index (χ1) is 13.5. The number of hydrogen-bond acceptors (Lipinski definition) is 4. The standard InChI is InChI=1S/C24H30N2O2/c25-22-7-3-6-19(12-22)24(28)20-8-9-21(24)15-26(14-20)16-23(27)11-10-17-4-1-2-5-18(17)13-23/h1-7,12,20-21,27-28H,8-11,13-16,25H2. The summed E-state index contributed by atoms with van der Waals surface area (Å²) in [5.74, 6) is 0.403. The fraction of sp³-hybridized carbons (Fsp3) is 0.500. The van der Waals surface area contributed by atoms with Gasteiger partial charge in [0.1, 0.15) is 0 Å². The smallest absolute Gasteiger partial charge is 0.0977 e. The maximum absolute atomic E-state index is 11.6. The quantitative estimate of drug-likeness (QED) is 0.719. The van der Waals surface area contributed by atoms with Gasteiger partial charge in [-0.15, -0.1) is 0 Å². The Morgan fingerprint density at radius 3 is 2.39 bits per heavy atom. The molecular weight excluding hydrogens is 348 g/mol. The molecule has 5 rings (SSSR count). The first-order valence-electron chi connectivity index (χ1n) is 10.6. The summed E-state index contributed by atoms with van der Waals surface area (Å²) in [4.78, 5) is 2.40. The van der Waals surface area contributed by atoms with Crippen molar-refractivity contribution in [3.63, 3.8) is 0 Å². The van der Waals surface area contributed by atoms with Crippen molar-refractivity contribution < 1.29 is 10.2 Å². The number of aryl methyl sites for hydroxylation is 1. The number of aliphatic hydroxyl groups is 2. The van der Waals surface area contributed by atoms with Crippen LogP contribution in [0.3, 0.4) is 0 Å². The summed E-state index contributed by atoms with van der Waals surface area (Å²) in [5, 5.41) is 23.0. The van der Waals surface area contributed by atoms with Gasteiger partial charge in [0, 0.05) is 43.6 Å². The minimum atomic E-state index is -0.784. The highest BCUT2D eigenvalue weighted by atomic mass is 16.3. The molecule has 1 saturated carbocycles. The third kappa shape index (κ3) is 2.95. The van der Waals surface area contributed by atoms with Gasteiger partial charge in [0.05, 0.1) is 11.2 Å². The van der Waals surface area contributed by atoms with Crippen molar-refractivity contribution in [3.8, 4) is 0 Å². The van der Waals surface area contributed by atoms with Crippen molar-refractivity contribution in [2.75, 3.05) is 25.4 Å². The van der Waals surface area contributed by atoms with Gasteiger partial charge in [-0.1, -0.05) is 36.4 Å². The van der Waals surface area contributed by atoms with Gasteiger partial charge in [0.25, 0.3) is 0 Å². The Labute approximate surface area is 167 Å². The number of nitrogens with two attached hydrogens (primary N) is 1. The number of piperidine rings is 1. The average molecular weight is 379 g/mol. The van der Waals surface area contributed by atoms with Gasteiger partial charge >= 0.3 is 0 Å². The van der Waals surface area contributed by atoms with Crippen LogP contribution in [0.15, 0.2) is 48.5 Å². The van der Waals surface area contributed by atoms with Crippen molar-refractivity contribution in [2.24, 2.45) is 11.8 Å². The molecule has 3 atom stereocenters. The number of rotatable bonds is 3. The van der Waals surface area contributed by atoms with Crippen LogP contribution < -0.4 is 5.73 Å². The molecule has 4 N–H and O–H groups in total. The summed E-state index contributed by atoms with van der Waals surface area (Å²) in [6.45, 7) is 2.37. The van der Waals surface area contributed by atoms with Crippen LogP contribution in [-0.4, -0.2) is 40.3 Å². The third-order valence-corrected chi connectivity index (χ3v) is 7.43. The summed E-state index contributed by atoms with van der Waals surface area (Å²) in [5.41, 5.74) is 8.87. The molecule has 0 aromatic heterocycles. The molecule has 2 aliphatic carbocycles. The number of anilines is 1. The second-order valence-electron chi connectivity index (χ2n) is 9.29. The van der Waals surface area contributed by atoms with Crippen LogP contribution in [0.4, 0.5) is 5.69 Å². The normalized spacial score (nSPS) is 34.9. The number of nitrogen functional groups attached to an aromatic ring is 1. The van der Waals surface area contributed by atoms with E-state index < -0.39 is 11.2 Å². The molecule has 2 aromatic rings. The predicted octanol–water partition coefficient (Wildman–Crippen LogP) is 2.72.